The fourth-order valence-electron chi connectivity index (χ4n) is 2.40. The van der Waals surface area contributed by atoms with E-state index in [-0.39, 0.29) is 5.91 Å². The number of benzene rings is 1. The van der Waals surface area contributed by atoms with Gasteiger partial charge in [0.15, 0.2) is 0 Å². The van der Waals surface area contributed by atoms with Crippen molar-refractivity contribution >= 4 is 28.6 Å². The van der Waals surface area contributed by atoms with Crippen LogP contribution in [0.4, 0.5) is 0 Å². The van der Waals surface area contributed by atoms with E-state index in [0.29, 0.717) is 18.1 Å². The topological polar surface area (TPSA) is 55.1 Å². The van der Waals surface area contributed by atoms with Crippen molar-refractivity contribution in [2.24, 2.45) is 0 Å². The zero-order chi connectivity index (χ0) is 15.9. The van der Waals surface area contributed by atoms with E-state index >= 15 is 0 Å². The molecule has 4 nitrogen and oxygen atoms in total. The smallest absolute Gasteiger partial charge is 0.230 e. The van der Waals surface area contributed by atoms with Crippen molar-refractivity contribution in [1.82, 2.24) is 10.3 Å². The second-order valence-electron chi connectivity index (χ2n) is 5.16. The first-order valence-corrected chi connectivity index (χ1v) is 8.68. The Balaban J connectivity index is 1.44. The lowest BCUT2D eigenvalue weighted by molar-refractivity contribution is -0.118. The number of fused-ring (bicyclic) bond motifs is 1. The lowest BCUT2D eigenvalue weighted by atomic mass is 10.1. The number of nitrogens with zero attached hydrogens (tertiary/aromatic N) is 1. The van der Waals surface area contributed by atoms with Crippen LogP contribution in [0.25, 0.3) is 10.9 Å². The number of carbonyl (C=O) groups excluding carboxylic acids is 1. The molecule has 118 valence electrons. The third-order valence-corrected chi connectivity index (χ3v) is 4.45. The Kier molecular flexibility index (Phi) is 5.32. The Morgan fingerprint density at radius 2 is 2.09 bits per heavy atom. The first-order valence-electron chi connectivity index (χ1n) is 7.52. The number of rotatable bonds is 7. The monoisotopic (exact) mass is 326 g/mol. The second kappa shape index (κ2) is 7.83. The highest BCUT2D eigenvalue weighted by Crippen LogP contribution is 2.16. The summed E-state index contributed by atoms with van der Waals surface area (Å²) in [4.78, 5) is 16.3. The van der Waals surface area contributed by atoms with Crippen LogP contribution in [-0.4, -0.2) is 23.2 Å². The fourth-order valence-corrected chi connectivity index (χ4v) is 3.15. The molecule has 1 N–H and O–H groups in total. The Labute approximate surface area is 139 Å². The first-order chi connectivity index (χ1) is 11.3. The van der Waals surface area contributed by atoms with Gasteiger partial charge in [0.1, 0.15) is 5.76 Å². The average Bonchev–Trinajstić information content (AvgIpc) is 3.08. The largest absolute Gasteiger partial charge is 0.468 e. The molecule has 0 aliphatic heterocycles. The highest BCUT2D eigenvalue weighted by Gasteiger charge is 2.05. The number of para-hydroxylation sites is 1. The molecule has 0 radical (unpaired) electrons. The van der Waals surface area contributed by atoms with E-state index < -0.39 is 0 Å². The van der Waals surface area contributed by atoms with Gasteiger partial charge in [-0.05, 0) is 30.2 Å². The van der Waals surface area contributed by atoms with Crippen LogP contribution in [0.15, 0.2) is 59.3 Å². The zero-order valence-electron chi connectivity index (χ0n) is 12.7. The Morgan fingerprint density at radius 1 is 1.17 bits per heavy atom. The molecule has 23 heavy (non-hydrogen) atoms. The molecule has 2 aromatic heterocycles. The predicted molar refractivity (Wildman–Crippen MR) is 93.3 cm³/mol. The van der Waals surface area contributed by atoms with Gasteiger partial charge < -0.3 is 9.73 Å². The molecular formula is C18H18N2O2S. The number of nitrogens with one attached hydrogen (secondary N) is 1. The third kappa shape index (κ3) is 4.36. The van der Waals surface area contributed by atoms with Crippen molar-refractivity contribution in [1.29, 1.82) is 0 Å². The summed E-state index contributed by atoms with van der Waals surface area (Å²) in [6, 6.07) is 13.9. The number of aromatic nitrogens is 1. The number of thioether (sulfide) groups is 1. The molecule has 0 fully saturated rings. The summed E-state index contributed by atoms with van der Waals surface area (Å²) in [6.07, 6.45) is 4.23. The van der Waals surface area contributed by atoms with Gasteiger partial charge in [0.2, 0.25) is 5.91 Å². The van der Waals surface area contributed by atoms with E-state index in [1.54, 1.807) is 24.2 Å². The normalized spacial score (nSPS) is 10.8. The van der Waals surface area contributed by atoms with Crippen LogP contribution in [-0.2, 0) is 17.0 Å². The lowest BCUT2D eigenvalue weighted by Crippen LogP contribution is -2.27. The van der Waals surface area contributed by atoms with E-state index in [1.165, 1.54) is 0 Å². The van der Waals surface area contributed by atoms with Crippen molar-refractivity contribution in [2.45, 2.75) is 12.2 Å². The molecule has 0 atom stereocenters. The summed E-state index contributed by atoms with van der Waals surface area (Å²) >= 11 is 1.55. The Hall–Kier alpha value is -2.27. The Morgan fingerprint density at radius 3 is 2.96 bits per heavy atom. The molecule has 0 unspecified atom stereocenters. The van der Waals surface area contributed by atoms with Crippen LogP contribution in [0, 0.1) is 0 Å². The number of amides is 1. The van der Waals surface area contributed by atoms with Crippen LogP contribution in [0.3, 0.4) is 0 Å². The van der Waals surface area contributed by atoms with Gasteiger partial charge in [0, 0.05) is 18.1 Å². The quantitative estimate of drug-likeness (QED) is 0.723. The minimum atomic E-state index is 0.0507. The molecule has 2 heterocycles. The summed E-state index contributed by atoms with van der Waals surface area (Å²) in [5, 5.41) is 4.09. The molecule has 3 aromatic rings. The van der Waals surface area contributed by atoms with Crippen LogP contribution in [0.5, 0.6) is 0 Å². The Bertz CT molecular complexity index is 766. The van der Waals surface area contributed by atoms with E-state index in [2.05, 4.69) is 28.5 Å². The van der Waals surface area contributed by atoms with Gasteiger partial charge in [-0.1, -0.05) is 24.3 Å². The van der Waals surface area contributed by atoms with Crippen molar-refractivity contribution in [2.75, 3.05) is 12.3 Å². The standard InChI is InChI=1S/C18H18N2O2S/c21-17(13-23-12-16-7-3-11-22-16)19-10-8-15-5-1-4-14-6-2-9-20-18(14)15/h1-7,9,11H,8,10,12-13H2,(H,19,21). The summed E-state index contributed by atoms with van der Waals surface area (Å²) in [6.45, 7) is 0.621. The lowest BCUT2D eigenvalue weighted by Gasteiger charge is -2.07. The van der Waals surface area contributed by atoms with Gasteiger partial charge in [-0.3, -0.25) is 9.78 Å². The van der Waals surface area contributed by atoms with Gasteiger partial charge in [0.25, 0.3) is 0 Å². The predicted octanol–water partition coefficient (Wildman–Crippen LogP) is 3.42. The first kappa shape index (κ1) is 15.6. The van der Waals surface area contributed by atoms with Crippen molar-refractivity contribution in [3.63, 3.8) is 0 Å². The molecule has 5 heteroatoms. The van der Waals surface area contributed by atoms with Crippen LogP contribution in [0.1, 0.15) is 11.3 Å². The molecule has 3 rings (SSSR count). The number of carbonyl (C=O) groups is 1. The molecule has 0 bridgehead atoms. The van der Waals surface area contributed by atoms with Gasteiger partial charge in [0.05, 0.1) is 23.3 Å². The maximum Gasteiger partial charge on any atom is 0.230 e. The highest BCUT2D eigenvalue weighted by molar-refractivity contribution is 7.99. The minimum absolute atomic E-state index is 0.0507. The molecule has 1 aromatic carbocycles. The van der Waals surface area contributed by atoms with Crippen molar-refractivity contribution in [3.8, 4) is 0 Å². The van der Waals surface area contributed by atoms with Crippen LogP contribution >= 0.6 is 11.8 Å². The van der Waals surface area contributed by atoms with Gasteiger partial charge in [-0.15, -0.1) is 11.8 Å². The van der Waals surface area contributed by atoms with E-state index in [9.17, 15) is 4.79 Å². The van der Waals surface area contributed by atoms with Gasteiger partial charge in [-0.25, -0.2) is 0 Å². The zero-order valence-corrected chi connectivity index (χ0v) is 13.5. The SMILES string of the molecule is O=C(CSCc1ccco1)NCCc1cccc2cccnc12. The molecule has 1 amide bonds. The molecule has 0 aliphatic rings. The fraction of sp³-hybridized carbons (Fsp3) is 0.222. The summed E-state index contributed by atoms with van der Waals surface area (Å²) in [5.74, 6) is 2.10. The minimum Gasteiger partial charge on any atom is -0.468 e. The van der Waals surface area contributed by atoms with E-state index in [0.717, 1.165) is 28.6 Å². The molecule has 0 saturated carbocycles. The maximum absolute atomic E-state index is 11.8. The second-order valence-corrected chi connectivity index (χ2v) is 6.15. The van der Waals surface area contributed by atoms with Crippen molar-refractivity contribution in [3.05, 3.63) is 66.2 Å². The van der Waals surface area contributed by atoms with Crippen LogP contribution in [0.2, 0.25) is 0 Å². The van der Waals surface area contributed by atoms with Gasteiger partial charge in [-0.2, -0.15) is 0 Å². The van der Waals surface area contributed by atoms with Crippen LogP contribution < -0.4 is 5.32 Å². The number of pyridine rings is 1. The maximum atomic E-state index is 11.8. The summed E-state index contributed by atoms with van der Waals surface area (Å²) in [5.41, 5.74) is 2.17. The number of hydrogen-bond acceptors (Lipinski definition) is 4. The molecular weight excluding hydrogens is 308 g/mol. The summed E-state index contributed by atoms with van der Waals surface area (Å²) < 4.78 is 5.24. The van der Waals surface area contributed by atoms with E-state index in [4.69, 9.17) is 4.42 Å². The molecule has 0 aliphatic carbocycles. The van der Waals surface area contributed by atoms with E-state index in [1.807, 2.05) is 24.3 Å². The molecule has 0 spiro atoms. The average molecular weight is 326 g/mol. The number of hydrogen-bond donors (Lipinski definition) is 1. The summed E-state index contributed by atoms with van der Waals surface area (Å²) in [7, 11) is 0. The highest BCUT2D eigenvalue weighted by atomic mass is 32.2. The van der Waals surface area contributed by atoms with Gasteiger partial charge >= 0.3 is 0 Å². The van der Waals surface area contributed by atoms with Crippen molar-refractivity contribution < 1.29 is 9.21 Å². The molecule has 0 saturated heterocycles. The number of furan rings is 1. The third-order valence-electron chi connectivity index (χ3n) is 3.49.